The van der Waals surface area contributed by atoms with Crippen LogP contribution in [0, 0.1) is 11.8 Å². The first-order valence-electron chi connectivity index (χ1n) is 6.65. The zero-order chi connectivity index (χ0) is 12.4. The number of aromatic nitrogens is 2. The molecule has 2 N–H and O–H groups in total. The zero-order valence-corrected chi connectivity index (χ0v) is 12.3. The van der Waals surface area contributed by atoms with E-state index in [1.165, 1.54) is 28.7 Å². The van der Waals surface area contributed by atoms with Gasteiger partial charge < -0.3 is 5.73 Å². The van der Waals surface area contributed by atoms with Crippen molar-refractivity contribution in [1.29, 1.82) is 0 Å². The summed E-state index contributed by atoms with van der Waals surface area (Å²) in [5.41, 5.74) is 8.34. The number of nitrogens with two attached hydrogens (primary N) is 1. The van der Waals surface area contributed by atoms with Gasteiger partial charge in [0.1, 0.15) is 0 Å². The number of nitrogens with zero attached hydrogens (tertiary/aromatic N) is 2. The van der Waals surface area contributed by atoms with Crippen LogP contribution < -0.4 is 5.73 Å². The molecule has 1 heterocycles. The number of hydrogen-bond acceptors (Lipinski definition) is 2. The fourth-order valence-electron chi connectivity index (χ4n) is 2.68. The minimum Gasteiger partial charge on any atom is -0.330 e. The molecule has 96 valence electrons. The van der Waals surface area contributed by atoms with Gasteiger partial charge in [0.15, 0.2) is 0 Å². The molecule has 1 fully saturated rings. The first kappa shape index (κ1) is 13.1. The highest BCUT2D eigenvalue weighted by atomic mass is 79.9. The van der Waals surface area contributed by atoms with Gasteiger partial charge in [0.2, 0.25) is 0 Å². The smallest absolute Gasteiger partial charge is 0.0766 e. The molecule has 2 rings (SSSR count). The lowest BCUT2D eigenvalue weighted by Gasteiger charge is -2.36. The van der Waals surface area contributed by atoms with Crippen molar-refractivity contribution in [3.8, 4) is 0 Å². The van der Waals surface area contributed by atoms with Gasteiger partial charge in [0, 0.05) is 6.54 Å². The third-order valence-electron chi connectivity index (χ3n) is 4.03. The Kier molecular flexibility index (Phi) is 4.26. The molecule has 0 radical (unpaired) electrons. The summed E-state index contributed by atoms with van der Waals surface area (Å²) in [7, 11) is 0. The molecule has 0 bridgehead atoms. The van der Waals surface area contributed by atoms with Gasteiger partial charge in [-0.05, 0) is 66.9 Å². The quantitative estimate of drug-likeness (QED) is 0.908. The third-order valence-corrected chi connectivity index (χ3v) is 4.94. The summed E-state index contributed by atoms with van der Waals surface area (Å²) in [6.07, 6.45) is 4.75. The fourth-order valence-corrected chi connectivity index (χ4v) is 3.40. The summed E-state index contributed by atoms with van der Waals surface area (Å²) in [4.78, 5) is 0. The van der Waals surface area contributed by atoms with Gasteiger partial charge in [-0.25, -0.2) is 0 Å². The van der Waals surface area contributed by atoms with Crippen molar-refractivity contribution in [2.45, 2.75) is 46.1 Å². The summed E-state index contributed by atoms with van der Waals surface area (Å²) >= 11 is 3.71. The van der Waals surface area contributed by atoms with Gasteiger partial charge in [-0.2, -0.15) is 5.10 Å². The average molecular weight is 300 g/mol. The number of aryl methyl sites for hydroxylation is 2. The standard InChI is InChI=1S/C13H22BrN3/c1-3-11-13(14)12(17(4-2)16-11)7-9-5-6-10(9)8-15/h9-10H,3-8,15H2,1-2H3. The maximum Gasteiger partial charge on any atom is 0.0766 e. The lowest BCUT2D eigenvalue weighted by atomic mass is 9.71. The topological polar surface area (TPSA) is 43.8 Å². The first-order chi connectivity index (χ1) is 8.21. The Bertz CT molecular complexity index is 384. The fraction of sp³-hybridized carbons (Fsp3) is 0.769. The van der Waals surface area contributed by atoms with Crippen molar-refractivity contribution >= 4 is 15.9 Å². The van der Waals surface area contributed by atoms with E-state index in [1.807, 2.05) is 0 Å². The number of halogens is 1. The minimum atomic E-state index is 0.729. The molecule has 0 aliphatic heterocycles. The molecular weight excluding hydrogens is 278 g/mol. The van der Waals surface area contributed by atoms with Gasteiger partial charge >= 0.3 is 0 Å². The van der Waals surface area contributed by atoms with Crippen molar-refractivity contribution < 1.29 is 0 Å². The highest BCUT2D eigenvalue weighted by Crippen LogP contribution is 2.37. The van der Waals surface area contributed by atoms with Crippen LogP contribution in [0.5, 0.6) is 0 Å². The Morgan fingerprint density at radius 2 is 2.06 bits per heavy atom. The summed E-state index contributed by atoms with van der Waals surface area (Å²) in [5, 5.41) is 4.65. The Labute approximate surface area is 112 Å². The molecule has 0 aromatic carbocycles. The second kappa shape index (κ2) is 5.53. The molecule has 1 aliphatic carbocycles. The molecule has 0 spiro atoms. The summed E-state index contributed by atoms with van der Waals surface area (Å²) in [6, 6.07) is 0. The predicted octanol–water partition coefficient (Wildman–Crippen LogP) is 2.76. The molecule has 0 saturated heterocycles. The summed E-state index contributed by atoms with van der Waals surface area (Å²) in [6.45, 7) is 6.10. The molecule has 2 unspecified atom stereocenters. The van der Waals surface area contributed by atoms with E-state index in [4.69, 9.17) is 5.73 Å². The Hall–Kier alpha value is -0.350. The van der Waals surface area contributed by atoms with E-state index in [2.05, 4.69) is 39.6 Å². The number of hydrogen-bond donors (Lipinski definition) is 1. The van der Waals surface area contributed by atoms with Gasteiger partial charge in [-0.3, -0.25) is 4.68 Å². The van der Waals surface area contributed by atoms with E-state index in [-0.39, 0.29) is 0 Å². The first-order valence-corrected chi connectivity index (χ1v) is 7.44. The van der Waals surface area contributed by atoms with Crippen molar-refractivity contribution in [2.75, 3.05) is 6.54 Å². The molecule has 3 nitrogen and oxygen atoms in total. The monoisotopic (exact) mass is 299 g/mol. The Balaban J connectivity index is 2.16. The van der Waals surface area contributed by atoms with Gasteiger partial charge in [-0.1, -0.05) is 6.92 Å². The van der Waals surface area contributed by atoms with Crippen molar-refractivity contribution in [1.82, 2.24) is 9.78 Å². The lowest BCUT2D eigenvalue weighted by molar-refractivity contribution is 0.179. The second-order valence-corrected chi connectivity index (χ2v) is 5.71. The largest absolute Gasteiger partial charge is 0.330 e. The zero-order valence-electron chi connectivity index (χ0n) is 10.7. The Morgan fingerprint density at radius 3 is 2.53 bits per heavy atom. The van der Waals surface area contributed by atoms with Crippen LogP contribution in [-0.4, -0.2) is 16.3 Å². The van der Waals surface area contributed by atoms with E-state index in [0.717, 1.165) is 37.8 Å². The highest BCUT2D eigenvalue weighted by molar-refractivity contribution is 9.10. The lowest BCUT2D eigenvalue weighted by Crippen LogP contribution is -2.34. The normalized spacial score (nSPS) is 23.8. The van der Waals surface area contributed by atoms with Crippen LogP contribution in [-0.2, 0) is 19.4 Å². The molecule has 2 atom stereocenters. The maximum absolute atomic E-state index is 5.78. The predicted molar refractivity (Wildman–Crippen MR) is 74.0 cm³/mol. The van der Waals surface area contributed by atoms with E-state index >= 15 is 0 Å². The molecule has 17 heavy (non-hydrogen) atoms. The van der Waals surface area contributed by atoms with E-state index in [0.29, 0.717) is 0 Å². The third kappa shape index (κ3) is 2.43. The molecule has 1 aromatic rings. The van der Waals surface area contributed by atoms with Crippen LogP contribution in [0.25, 0.3) is 0 Å². The molecular formula is C13H22BrN3. The molecule has 1 aromatic heterocycles. The highest BCUT2D eigenvalue weighted by Gasteiger charge is 2.31. The van der Waals surface area contributed by atoms with Crippen LogP contribution in [0.2, 0.25) is 0 Å². The SMILES string of the molecule is CCc1nn(CC)c(CC2CCC2CN)c1Br. The van der Waals surface area contributed by atoms with Gasteiger partial charge in [-0.15, -0.1) is 0 Å². The van der Waals surface area contributed by atoms with Gasteiger partial charge in [0.25, 0.3) is 0 Å². The van der Waals surface area contributed by atoms with Crippen LogP contribution in [0.4, 0.5) is 0 Å². The molecule has 1 aliphatic rings. The van der Waals surface area contributed by atoms with Gasteiger partial charge in [0.05, 0.1) is 15.9 Å². The molecule has 4 heteroatoms. The van der Waals surface area contributed by atoms with E-state index in [1.54, 1.807) is 0 Å². The van der Waals surface area contributed by atoms with Crippen molar-refractivity contribution in [3.63, 3.8) is 0 Å². The Morgan fingerprint density at radius 1 is 1.35 bits per heavy atom. The van der Waals surface area contributed by atoms with E-state index in [9.17, 15) is 0 Å². The molecule has 1 saturated carbocycles. The van der Waals surface area contributed by atoms with Crippen LogP contribution in [0.3, 0.4) is 0 Å². The minimum absolute atomic E-state index is 0.729. The number of rotatable bonds is 5. The van der Waals surface area contributed by atoms with Crippen LogP contribution >= 0.6 is 15.9 Å². The van der Waals surface area contributed by atoms with Crippen molar-refractivity contribution in [3.05, 3.63) is 15.9 Å². The van der Waals surface area contributed by atoms with Crippen LogP contribution in [0.15, 0.2) is 4.47 Å². The average Bonchev–Trinajstić information content (AvgIpc) is 2.61. The second-order valence-electron chi connectivity index (χ2n) is 4.91. The van der Waals surface area contributed by atoms with E-state index < -0.39 is 0 Å². The maximum atomic E-state index is 5.78. The summed E-state index contributed by atoms with van der Waals surface area (Å²) < 4.78 is 3.37. The summed E-state index contributed by atoms with van der Waals surface area (Å²) in [5.74, 6) is 1.50. The molecule has 0 amide bonds. The van der Waals surface area contributed by atoms with Crippen molar-refractivity contribution in [2.24, 2.45) is 17.6 Å². The van der Waals surface area contributed by atoms with Crippen LogP contribution in [0.1, 0.15) is 38.1 Å².